The van der Waals surface area contributed by atoms with Gasteiger partial charge in [-0.25, -0.2) is 9.78 Å². The number of methoxy groups -OCH3 is 1. The number of rotatable bonds is 6. The third-order valence-electron chi connectivity index (χ3n) is 3.52. The van der Waals surface area contributed by atoms with Gasteiger partial charge in [-0.05, 0) is 37.1 Å². The molecule has 0 unspecified atom stereocenters. The fourth-order valence-electron chi connectivity index (χ4n) is 2.24. The predicted octanol–water partition coefficient (Wildman–Crippen LogP) is 2.92. The van der Waals surface area contributed by atoms with Gasteiger partial charge in [-0.3, -0.25) is 4.79 Å². The summed E-state index contributed by atoms with van der Waals surface area (Å²) in [6.07, 6.45) is 0.644. The topological polar surface area (TPSA) is 85.7 Å². The Labute approximate surface area is 140 Å². The van der Waals surface area contributed by atoms with Crippen molar-refractivity contribution >= 4 is 11.8 Å². The Bertz CT molecular complexity index is 770. The highest BCUT2D eigenvalue weighted by Crippen LogP contribution is 2.29. The molecule has 2 rings (SSSR count). The summed E-state index contributed by atoms with van der Waals surface area (Å²) < 4.78 is 10.3. The van der Waals surface area contributed by atoms with Crippen molar-refractivity contribution in [1.29, 1.82) is 0 Å². The number of aromatic nitrogens is 1. The predicted molar refractivity (Wildman–Crippen MR) is 87.4 cm³/mol. The van der Waals surface area contributed by atoms with Gasteiger partial charge in [-0.15, -0.1) is 0 Å². The zero-order valence-corrected chi connectivity index (χ0v) is 13.8. The van der Waals surface area contributed by atoms with Crippen LogP contribution in [0.25, 0.3) is 0 Å². The van der Waals surface area contributed by atoms with Crippen LogP contribution in [-0.4, -0.2) is 29.0 Å². The Morgan fingerprint density at radius 2 is 2.00 bits per heavy atom. The number of esters is 1. The molecule has 24 heavy (non-hydrogen) atoms. The van der Waals surface area contributed by atoms with Crippen molar-refractivity contribution in [2.24, 2.45) is 0 Å². The van der Waals surface area contributed by atoms with Crippen LogP contribution in [0, 0.1) is 0 Å². The summed E-state index contributed by atoms with van der Waals surface area (Å²) in [5.74, 6) is -0.369. The van der Waals surface area contributed by atoms with E-state index in [4.69, 9.17) is 4.74 Å². The molecule has 0 spiro atoms. The summed E-state index contributed by atoms with van der Waals surface area (Å²) in [6.45, 7) is 3.45. The van der Waals surface area contributed by atoms with Crippen molar-refractivity contribution in [3.05, 3.63) is 52.8 Å². The summed E-state index contributed by atoms with van der Waals surface area (Å²) in [5.41, 5.74) is 1.83. The van der Waals surface area contributed by atoms with Gasteiger partial charge in [0, 0.05) is 6.07 Å². The summed E-state index contributed by atoms with van der Waals surface area (Å²) >= 11 is 0. The molecule has 0 bridgehead atoms. The van der Waals surface area contributed by atoms with E-state index in [9.17, 15) is 14.7 Å². The highest BCUT2D eigenvalue weighted by Gasteiger charge is 2.13. The van der Waals surface area contributed by atoms with Gasteiger partial charge in [-0.2, -0.15) is 0 Å². The van der Waals surface area contributed by atoms with Crippen LogP contribution in [0.4, 0.5) is 0 Å². The summed E-state index contributed by atoms with van der Waals surface area (Å²) in [6, 6.07) is 8.03. The number of carbonyl (C=O) groups excluding carboxylic acids is 2. The maximum absolute atomic E-state index is 11.5. The van der Waals surface area contributed by atoms with Crippen molar-refractivity contribution in [3.63, 3.8) is 0 Å². The average Bonchev–Trinajstić information content (AvgIpc) is 2.59. The number of aromatic hydroxyl groups is 1. The number of carbonyl (C=O) groups is 2. The minimum Gasteiger partial charge on any atom is -0.507 e. The molecule has 1 heterocycles. The van der Waals surface area contributed by atoms with Gasteiger partial charge < -0.3 is 14.6 Å². The van der Waals surface area contributed by atoms with E-state index in [0.717, 1.165) is 5.56 Å². The Morgan fingerprint density at radius 3 is 2.62 bits per heavy atom. The number of hydrogen-bond acceptors (Lipinski definition) is 6. The van der Waals surface area contributed by atoms with E-state index in [-0.39, 0.29) is 29.4 Å². The lowest BCUT2D eigenvalue weighted by molar-refractivity contribution is 0.0593. The minimum absolute atomic E-state index is 0.119. The number of benzene rings is 1. The number of phenols is 1. The zero-order valence-electron chi connectivity index (χ0n) is 13.8. The quantitative estimate of drug-likeness (QED) is 0.648. The molecule has 0 saturated heterocycles. The molecule has 0 fully saturated rings. The summed E-state index contributed by atoms with van der Waals surface area (Å²) in [7, 11) is 1.29. The summed E-state index contributed by atoms with van der Waals surface area (Å²) in [5, 5.41) is 9.95. The highest BCUT2D eigenvalue weighted by molar-refractivity contribution is 5.97. The second kappa shape index (κ2) is 7.59. The normalized spacial score (nSPS) is 10.3. The van der Waals surface area contributed by atoms with E-state index < -0.39 is 5.97 Å². The van der Waals surface area contributed by atoms with E-state index in [1.165, 1.54) is 20.1 Å². The van der Waals surface area contributed by atoms with Gasteiger partial charge in [0.25, 0.3) is 0 Å². The van der Waals surface area contributed by atoms with Gasteiger partial charge >= 0.3 is 5.97 Å². The third-order valence-corrected chi connectivity index (χ3v) is 3.52. The van der Waals surface area contributed by atoms with Gasteiger partial charge in [-0.1, -0.05) is 13.0 Å². The number of ether oxygens (including phenoxy) is 2. The average molecular weight is 329 g/mol. The fraction of sp³-hybridized carbons (Fsp3) is 0.278. The van der Waals surface area contributed by atoms with Crippen LogP contribution in [0.3, 0.4) is 0 Å². The molecule has 2 aromatic rings. The van der Waals surface area contributed by atoms with E-state index in [1.54, 1.807) is 24.3 Å². The first-order valence-electron chi connectivity index (χ1n) is 7.50. The number of phenolic OH excluding ortho intramolecular Hbond substituents is 1. The van der Waals surface area contributed by atoms with Gasteiger partial charge in [0.15, 0.2) is 5.78 Å². The van der Waals surface area contributed by atoms with Gasteiger partial charge in [0.1, 0.15) is 23.8 Å². The first-order chi connectivity index (χ1) is 11.5. The van der Waals surface area contributed by atoms with Crippen LogP contribution in [0.1, 0.15) is 46.0 Å². The Kier molecular flexibility index (Phi) is 5.52. The zero-order chi connectivity index (χ0) is 17.7. The van der Waals surface area contributed by atoms with Gasteiger partial charge in [0.05, 0.1) is 18.4 Å². The molecule has 126 valence electrons. The molecule has 6 heteroatoms. The van der Waals surface area contributed by atoms with Crippen LogP contribution in [0.2, 0.25) is 0 Å². The number of Topliss-reactive ketones (excluding diaryl/α,β-unsaturated/α-hetero) is 1. The van der Waals surface area contributed by atoms with Crippen LogP contribution in [0.15, 0.2) is 30.3 Å². The number of ketones is 1. The standard InChI is InChI=1S/C18H19NO5/c1-4-12-8-14(11(2)20)16(21)9-17(12)24-10-13-6-5-7-15(19-13)18(22)23-3/h5-9,21H,4,10H2,1-3H3. The molecule has 0 aliphatic heterocycles. The third kappa shape index (κ3) is 3.90. The van der Waals surface area contributed by atoms with Crippen LogP contribution < -0.4 is 4.74 Å². The monoisotopic (exact) mass is 329 g/mol. The molecule has 0 saturated carbocycles. The van der Waals surface area contributed by atoms with E-state index >= 15 is 0 Å². The highest BCUT2D eigenvalue weighted by atomic mass is 16.5. The fourth-order valence-corrected chi connectivity index (χ4v) is 2.24. The number of nitrogens with zero attached hydrogens (tertiary/aromatic N) is 1. The molecule has 6 nitrogen and oxygen atoms in total. The first kappa shape index (κ1) is 17.5. The maximum Gasteiger partial charge on any atom is 0.356 e. The number of aryl methyl sites for hydroxylation is 1. The number of hydrogen-bond donors (Lipinski definition) is 1. The minimum atomic E-state index is -0.519. The van der Waals surface area contributed by atoms with Crippen molar-refractivity contribution < 1.29 is 24.2 Å². The SMILES string of the molecule is CCc1cc(C(C)=O)c(O)cc1OCc1cccc(C(=O)OC)n1. The largest absolute Gasteiger partial charge is 0.507 e. The van der Waals surface area contributed by atoms with Crippen LogP contribution in [-0.2, 0) is 17.8 Å². The molecular weight excluding hydrogens is 310 g/mol. The Hall–Kier alpha value is -2.89. The molecule has 0 atom stereocenters. The van der Waals surface area contributed by atoms with Crippen LogP contribution >= 0.6 is 0 Å². The van der Waals surface area contributed by atoms with E-state index in [0.29, 0.717) is 17.9 Å². The lowest BCUT2D eigenvalue weighted by Crippen LogP contribution is -2.08. The van der Waals surface area contributed by atoms with Crippen molar-refractivity contribution in [1.82, 2.24) is 4.98 Å². The Morgan fingerprint density at radius 1 is 1.25 bits per heavy atom. The molecule has 0 radical (unpaired) electrons. The van der Waals surface area contributed by atoms with Crippen molar-refractivity contribution in [3.8, 4) is 11.5 Å². The van der Waals surface area contributed by atoms with Gasteiger partial charge in [0.2, 0.25) is 0 Å². The maximum atomic E-state index is 11.5. The molecule has 1 N–H and O–H groups in total. The van der Waals surface area contributed by atoms with Crippen molar-refractivity contribution in [2.75, 3.05) is 7.11 Å². The lowest BCUT2D eigenvalue weighted by Gasteiger charge is -2.13. The van der Waals surface area contributed by atoms with Crippen molar-refractivity contribution in [2.45, 2.75) is 26.9 Å². The Balaban J connectivity index is 2.21. The second-order valence-corrected chi connectivity index (χ2v) is 5.18. The molecule has 0 aliphatic carbocycles. The molecule has 1 aromatic carbocycles. The first-order valence-corrected chi connectivity index (χ1v) is 7.50. The smallest absolute Gasteiger partial charge is 0.356 e. The molecular formula is C18H19NO5. The van der Waals surface area contributed by atoms with E-state index in [2.05, 4.69) is 9.72 Å². The number of pyridine rings is 1. The molecule has 1 aromatic heterocycles. The molecule has 0 aliphatic rings. The summed E-state index contributed by atoms with van der Waals surface area (Å²) in [4.78, 5) is 27.2. The molecule has 0 amide bonds. The lowest BCUT2D eigenvalue weighted by atomic mass is 10.0. The second-order valence-electron chi connectivity index (χ2n) is 5.18. The van der Waals surface area contributed by atoms with E-state index in [1.807, 2.05) is 6.92 Å². The van der Waals surface area contributed by atoms with Crippen LogP contribution in [0.5, 0.6) is 11.5 Å².